The molecule has 0 radical (unpaired) electrons. The average Bonchev–Trinajstić information content (AvgIpc) is 2.20. The first-order chi connectivity index (χ1) is 5.80. The van der Waals surface area contributed by atoms with Crippen LogP contribution in [0.3, 0.4) is 0 Å². The van der Waals surface area contributed by atoms with E-state index >= 15 is 0 Å². The van der Waals surface area contributed by atoms with E-state index in [1.165, 1.54) is 0 Å². The standard InChI is InChI=1S/C8H15BO2S2/c1-7(2)8(3,4)11-9(10-7)6(13)5-12/h5,12-13H,1-4H3/b6-5-. The molecular formula is C8H15BO2S2. The summed E-state index contributed by atoms with van der Waals surface area (Å²) in [5.41, 5.74) is -0.606. The second-order valence-electron chi connectivity index (χ2n) is 4.14. The zero-order valence-corrected chi connectivity index (χ0v) is 10.2. The molecule has 1 fully saturated rings. The van der Waals surface area contributed by atoms with Crippen molar-refractivity contribution in [3.8, 4) is 0 Å². The Morgan fingerprint density at radius 1 is 1.15 bits per heavy atom. The molecule has 5 heteroatoms. The molecule has 0 unspecified atom stereocenters. The van der Waals surface area contributed by atoms with Crippen LogP contribution in [0.1, 0.15) is 27.7 Å². The van der Waals surface area contributed by atoms with Crippen molar-refractivity contribution in [2.75, 3.05) is 0 Å². The fourth-order valence-electron chi connectivity index (χ4n) is 1.02. The maximum Gasteiger partial charge on any atom is 0.501 e. The van der Waals surface area contributed by atoms with Gasteiger partial charge in [-0.1, -0.05) is 0 Å². The zero-order chi connectivity index (χ0) is 10.3. The third-order valence-corrected chi connectivity index (χ3v) is 3.45. The molecule has 0 amide bonds. The maximum atomic E-state index is 5.70. The van der Waals surface area contributed by atoms with Gasteiger partial charge in [0.1, 0.15) is 0 Å². The summed E-state index contributed by atoms with van der Waals surface area (Å²) in [7, 11) is -0.383. The Morgan fingerprint density at radius 3 is 1.85 bits per heavy atom. The SMILES string of the molecule is CC1(C)OB(/C(S)=C/S)OC1(C)C. The van der Waals surface area contributed by atoms with E-state index in [9.17, 15) is 0 Å². The predicted molar refractivity (Wildman–Crippen MR) is 62.1 cm³/mol. The van der Waals surface area contributed by atoms with Crippen LogP contribution in [0.15, 0.2) is 10.2 Å². The minimum atomic E-state index is -0.383. The molecule has 1 rings (SSSR count). The molecule has 0 aromatic heterocycles. The van der Waals surface area contributed by atoms with Gasteiger partial charge in [-0.25, -0.2) is 0 Å². The molecule has 0 saturated carbocycles. The van der Waals surface area contributed by atoms with Gasteiger partial charge in [0.15, 0.2) is 0 Å². The Kier molecular flexibility index (Phi) is 3.13. The molecule has 0 N–H and O–H groups in total. The molecule has 1 saturated heterocycles. The summed E-state index contributed by atoms with van der Waals surface area (Å²) in [6.07, 6.45) is 0. The molecule has 13 heavy (non-hydrogen) atoms. The summed E-state index contributed by atoms with van der Waals surface area (Å²) in [6, 6.07) is 0. The summed E-state index contributed by atoms with van der Waals surface area (Å²) in [5, 5.41) is 1.59. The molecule has 1 heterocycles. The molecule has 0 atom stereocenters. The number of hydrogen-bond donors (Lipinski definition) is 2. The lowest BCUT2D eigenvalue weighted by molar-refractivity contribution is 0.00578. The van der Waals surface area contributed by atoms with Crippen LogP contribution in [0.5, 0.6) is 0 Å². The normalized spacial score (nSPS) is 26.6. The summed E-state index contributed by atoms with van der Waals surface area (Å²) in [5.74, 6) is 0. The van der Waals surface area contributed by atoms with Crippen LogP contribution in [-0.4, -0.2) is 18.3 Å². The molecule has 0 spiro atoms. The molecule has 0 aromatic carbocycles. The largest absolute Gasteiger partial charge is 0.501 e. The van der Waals surface area contributed by atoms with Crippen LogP contribution in [0.2, 0.25) is 0 Å². The first-order valence-electron chi connectivity index (χ1n) is 4.19. The highest BCUT2D eigenvalue weighted by Crippen LogP contribution is 2.39. The summed E-state index contributed by atoms with van der Waals surface area (Å²) >= 11 is 8.22. The van der Waals surface area contributed by atoms with E-state index < -0.39 is 0 Å². The topological polar surface area (TPSA) is 18.5 Å². The van der Waals surface area contributed by atoms with Crippen molar-refractivity contribution in [1.82, 2.24) is 0 Å². The van der Waals surface area contributed by atoms with Crippen molar-refractivity contribution in [2.45, 2.75) is 38.9 Å². The minimum Gasteiger partial charge on any atom is -0.399 e. The van der Waals surface area contributed by atoms with E-state index in [0.717, 1.165) is 0 Å². The van der Waals surface area contributed by atoms with E-state index in [-0.39, 0.29) is 18.3 Å². The van der Waals surface area contributed by atoms with E-state index in [4.69, 9.17) is 9.31 Å². The van der Waals surface area contributed by atoms with Gasteiger partial charge in [0.2, 0.25) is 0 Å². The third-order valence-electron chi connectivity index (χ3n) is 2.63. The van der Waals surface area contributed by atoms with Gasteiger partial charge < -0.3 is 9.31 Å². The van der Waals surface area contributed by atoms with Crippen LogP contribution >= 0.6 is 25.3 Å². The van der Waals surface area contributed by atoms with Crippen LogP contribution in [0.25, 0.3) is 0 Å². The second kappa shape index (κ2) is 3.53. The molecule has 0 bridgehead atoms. The summed E-state index contributed by atoms with van der Waals surface area (Å²) < 4.78 is 11.4. The number of rotatable bonds is 1. The highest BCUT2D eigenvalue weighted by molar-refractivity contribution is 7.89. The fourth-order valence-corrected chi connectivity index (χ4v) is 1.25. The molecule has 0 aromatic rings. The Balaban J connectivity index is 2.82. The lowest BCUT2D eigenvalue weighted by Crippen LogP contribution is -2.41. The smallest absolute Gasteiger partial charge is 0.399 e. The fraction of sp³-hybridized carbons (Fsp3) is 0.750. The van der Waals surface area contributed by atoms with E-state index in [1.54, 1.807) is 5.41 Å². The van der Waals surface area contributed by atoms with Crippen LogP contribution in [0.4, 0.5) is 0 Å². The first kappa shape index (κ1) is 11.5. The Bertz CT molecular complexity index is 222. The Hall–Kier alpha value is 0.425. The Labute approximate surface area is 91.0 Å². The van der Waals surface area contributed by atoms with Gasteiger partial charge in [-0.05, 0) is 33.1 Å². The zero-order valence-electron chi connectivity index (χ0n) is 8.37. The van der Waals surface area contributed by atoms with Crippen LogP contribution in [0, 0.1) is 0 Å². The van der Waals surface area contributed by atoms with Gasteiger partial charge in [0, 0.05) is 4.80 Å². The minimum absolute atomic E-state index is 0.303. The van der Waals surface area contributed by atoms with Gasteiger partial charge in [-0.3, -0.25) is 0 Å². The van der Waals surface area contributed by atoms with Crippen molar-refractivity contribution >= 4 is 32.4 Å². The highest BCUT2D eigenvalue weighted by Gasteiger charge is 2.51. The number of thiol groups is 2. The van der Waals surface area contributed by atoms with Gasteiger partial charge in [-0.15, -0.1) is 0 Å². The van der Waals surface area contributed by atoms with Crippen LogP contribution < -0.4 is 0 Å². The lowest BCUT2D eigenvalue weighted by atomic mass is 9.90. The summed E-state index contributed by atoms with van der Waals surface area (Å²) in [4.78, 5) is 0.696. The van der Waals surface area contributed by atoms with Crippen molar-refractivity contribution in [3.05, 3.63) is 10.2 Å². The van der Waals surface area contributed by atoms with Crippen molar-refractivity contribution < 1.29 is 9.31 Å². The van der Waals surface area contributed by atoms with E-state index in [2.05, 4.69) is 25.3 Å². The lowest BCUT2D eigenvalue weighted by Gasteiger charge is -2.32. The maximum absolute atomic E-state index is 5.70. The van der Waals surface area contributed by atoms with Crippen molar-refractivity contribution in [3.63, 3.8) is 0 Å². The molecule has 1 aliphatic rings. The summed E-state index contributed by atoms with van der Waals surface area (Å²) in [6.45, 7) is 8.03. The molecule has 0 aliphatic carbocycles. The quantitative estimate of drug-likeness (QED) is 0.519. The molecule has 2 nitrogen and oxygen atoms in total. The van der Waals surface area contributed by atoms with Crippen molar-refractivity contribution in [2.24, 2.45) is 0 Å². The second-order valence-corrected chi connectivity index (χ2v) is 4.92. The van der Waals surface area contributed by atoms with Gasteiger partial charge in [-0.2, -0.15) is 25.3 Å². The van der Waals surface area contributed by atoms with E-state index in [0.29, 0.717) is 4.80 Å². The van der Waals surface area contributed by atoms with E-state index in [1.807, 2.05) is 27.7 Å². The van der Waals surface area contributed by atoms with Gasteiger partial charge in [0.25, 0.3) is 0 Å². The first-order valence-corrected chi connectivity index (χ1v) is 5.15. The van der Waals surface area contributed by atoms with Gasteiger partial charge >= 0.3 is 7.12 Å². The van der Waals surface area contributed by atoms with Gasteiger partial charge in [0.05, 0.1) is 11.2 Å². The third kappa shape index (κ3) is 2.09. The van der Waals surface area contributed by atoms with Crippen LogP contribution in [-0.2, 0) is 9.31 Å². The monoisotopic (exact) mass is 218 g/mol. The highest BCUT2D eigenvalue weighted by atomic mass is 32.1. The molecular weight excluding hydrogens is 203 g/mol. The molecule has 1 aliphatic heterocycles. The number of hydrogen-bond acceptors (Lipinski definition) is 4. The molecule has 74 valence electrons. The van der Waals surface area contributed by atoms with Crippen molar-refractivity contribution in [1.29, 1.82) is 0 Å². The average molecular weight is 218 g/mol. The predicted octanol–water partition coefficient (Wildman–Crippen LogP) is 2.32. The Morgan fingerprint density at radius 2 is 1.54 bits per heavy atom.